The summed E-state index contributed by atoms with van der Waals surface area (Å²) < 4.78 is 5.57. The quantitative estimate of drug-likeness (QED) is 0.612. The van der Waals surface area contributed by atoms with E-state index >= 15 is 0 Å². The maximum atomic E-state index is 11.2. The molecule has 0 bridgehead atoms. The molecule has 1 aromatic rings. The van der Waals surface area contributed by atoms with Crippen LogP contribution in [0.2, 0.25) is 0 Å². The highest BCUT2D eigenvalue weighted by atomic mass is 16.5. The van der Waals surface area contributed by atoms with Gasteiger partial charge < -0.3 is 9.84 Å². The lowest BCUT2D eigenvalue weighted by atomic mass is 10.0. The average Bonchev–Trinajstić information content (AvgIpc) is 2.61. The summed E-state index contributed by atoms with van der Waals surface area (Å²) in [4.78, 5) is 11.2. The summed E-state index contributed by atoms with van der Waals surface area (Å²) in [6.07, 6.45) is 0.572. The second-order valence-electron chi connectivity index (χ2n) is 4.20. The van der Waals surface area contributed by atoms with Gasteiger partial charge in [0.05, 0.1) is 0 Å². The van der Waals surface area contributed by atoms with Gasteiger partial charge in [-0.25, -0.2) is 0 Å². The van der Waals surface area contributed by atoms with Crippen LogP contribution in [0.5, 0.6) is 11.5 Å². The van der Waals surface area contributed by atoms with Crippen molar-refractivity contribution in [1.82, 2.24) is 0 Å². The molecule has 0 saturated heterocycles. The first-order valence-corrected chi connectivity index (χ1v) is 5.18. The number of hydrogen-bond acceptors (Lipinski definition) is 3. The Balaban J connectivity index is 2.42. The molecule has 1 aliphatic heterocycles. The number of benzene rings is 1. The number of rotatable bonds is 2. The number of carbonyl (C=O) groups is 1. The minimum Gasteiger partial charge on any atom is -0.504 e. The smallest absolute Gasteiger partial charge is 0.165 e. The Morgan fingerprint density at radius 1 is 1.50 bits per heavy atom. The van der Waals surface area contributed by atoms with Crippen LogP contribution < -0.4 is 4.74 Å². The van der Waals surface area contributed by atoms with Crippen molar-refractivity contribution in [3.8, 4) is 11.5 Å². The molecule has 0 amide bonds. The fourth-order valence-corrected chi connectivity index (χ4v) is 1.82. The van der Waals surface area contributed by atoms with Crippen LogP contribution in [-0.4, -0.2) is 17.0 Å². The fourth-order valence-electron chi connectivity index (χ4n) is 1.82. The minimum absolute atomic E-state index is 0.0338. The van der Waals surface area contributed by atoms with E-state index in [0.29, 0.717) is 17.7 Å². The SMILES string of the molecule is C=C(C)C1Cc2cc(C(C)=O)cc(O)c2O1. The number of phenols is 1. The van der Waals surface area contributed by atoms with Crippen LogP contribution in [0.25, 0.3) is 0 Å². The van der Waals surface area contributed by atoms with Crippen LogP contribution in [0.3, 0.4) is 0 Å². The molecule has 0 fully saturated rings. The number of fused-ring (bicyclic) bond motifs is 1. The summed E-state index contributed by atoms with van der Waals surface area (Å²) in [7, 11) is 0. The fraction of sp³-hybridized carbons (Fsp3) is 0.308. The van der Waals surface area contributed by atoms with Crippen LogP contribution >= 0.6 is 0 Å². The molecule has 16 heavy (non-hydrogen) atoms. The molecule has 1 heterocycles. The summed E-state index contributed by atoms with van der Waals surface area (Å²) in [5.74, 6) is 0.460. The van der Waals surface area contributed by atoms with Gasteiger partial charge in [-0.1, -0.05) is 6.58 Å². The van der Waals surface area contributed by atoms with Gasteiger partial charge in [-0.05, 0) is 31.6 Å². The zero-order chi connectivity index (χ0) is 11.9. The minimum atomic E-state index is -0.0943. The van der Waals surface area contributed by atoms with Gasteiger partial charge in [-0.2, -0.15) is 0 Å². The van der Waals surface area contributed by atoms with E-state index in [0.717, 1.165) is 11.1 Å². The van der Waals surface area contributed by atoms with Gasteiger partial charge >= 0.3 is 0 Å². The lowest BCUT2D eigenvalue weighted by molar-refractivity contribution is 0.101. The van der Waals surface area contributed by atoms with Crippen molar-refractivity contribution in [2.75, 3.05) is 0 Å². The van der Waals surface area contributed by atoms with Crippen LogP contribution in [0.1, 0.15) is 29.8 Å². The Hall–Kier alpha value is -1.77. The largest absolute Gasteiger partial charge is 0.504 e. The van der Waals surface area contributed by atoms with Crippen molar-refractivity contribution in [2.24, 2.45) is 0 Å². The molecule has 0 aliphatic carbocycles. The van der Waals surface area contributed by atoms with Gasteiger partial charge in [0.25, 0.3) is 0 Å². The highest BCUT2D eigenvalue weighted by Gasteiger charge is 2.27. The third-order valence-electron chi connectivity index (χ3n) is 2.77. The molecule has 3 nitrogen and oxygen atoms in total. The summed E-state index contributed by atoms with van der Waals surface area (Å²) >= 11 is 0. The first kappa shape index (κ1) is 10.7. The Morgan fingerprint density at radius 2 is 2.19 bits per heavy atom. The molecule has 0 aromatic heterocycles. The number of Topliss-reactive ketones (excluding diaryl/α,β-unsaturated/α-hetero) is 1. The molecule has 84 valence electrons. The van der Waals surface area contributed by atoms with E-state index in [1.807, 2.05) is 6.92 Å². The third-order valence-corrected chi connectivity index (χ3v) is 2.77. The molecule has 1 unspecified atom stereocenters. The summed E-state index contributed by atoms with van der Waals surface area (Å²) in [5.41, 5.74) is 2.31. The second-order valence-corrected chi connectivity index (χ2v) is 4.20. The zero-order valence-corrected chi connectivity index (χ0v) is 9.41. The van der Waals surface area contributed by atoms with E-state index in [1.54, 1.807) is 6.07 Å². The molecule has 3 heteroatoms. The number of hydrogen-bond donors (Lipinski definition) is 1. The van der Waals surface area contributed by atoms with Crippen molar-refractivity contribution in [3.05, 3.63) is 35.4 Å². The lowest BCUT2D eigenvalue weighted by Crippen LogP contribution is -2.13. The number of aromatic hydroxyl groups is 1. The van der Waals surface area contributed by atoms with Gasteiger partial charge in [0.2, 0.25) is 0 Å². The van der Waals surface area contributed by atoms with E-state index in [-0.39, 0.29) is 17.6 Å². The predicted molar refractivity (Wildman–Crippen MR) is 61.0 cm³/mol. The molecule has 1 N–H and O–H groups in total. The molecule has 1 atom stereocenters. The normalized spacial score (nSPS) is 17.8. The van der Waals surface area contributed by atoms with Crippen molar-refractivity contribution in [3.63, 3.8) is 0 Å². The molecular weight excluding hydrogens is 204 g/mol. The molecule has 1 aromatic carbocycles. The highest BCUT2D eigenvalue weighted by molar-refractivity contribution is 5.95. The average molecular weight is 218 g/mol. The molecular formula is C13H14O3. The maximum Gasteiger partial charge on any atom is 0.165 e. The topological polar surface area (TPSA) is 46.5 Å². The van der Waals surface area contributed by atoms with Crippen molar-refractivity contribution >= 4 is 5.78 Å². The molecule has 0 saturated carbocycles. The monoisotopic (exact) mass is 218 g/mol. The Bertz CT molecular complexity index is 474. The van der Waals surface area contributed by atoms with Gasteiger partial charge in [-0.15, -0.1) is 0 Å². The van der Waals surface area contributed by atoms with E-state index in [9.17, 15) is 9.90 Å². The molecule has 1 aliphatic rings. The standard InChI is InChI=1S/C13H14O3/c1-7(2)12-6-10-4-9(8(3)14)5-11(15)13(10)16-12/h4-5,12,15H,1,6H2,2-3H3. The van der Waals surface area contributed by atoms with Crippen LogP contribution in [0.15, 0.2) is 24.3 Å². The van der Waals surface area contributed by atoms with E-state index in [2.05, 4.69) is 6.58 Å². The Labute approximate surface area is 94.4 Å². The second kappa shape index (κ2) is 3.67. The molecule has 0 spiro atoms. The van der Waals surface area contributed by atoms with Gasteiger partial charge in [0.1, 0.15) is 6.10 Å². The van der Waals surface area contributed by atoms with Gasteiger partial charge in [0.15, 0.2) is 17.3 Å². The number of phenolic OH excluding ortho intramolecular Hbond substituents is 1. The van der Waals surface area contributed by atoms with Crippen LogP contribution in [0.4, 0.5) is 0 Å². The van der Waals surface area contributed by atoms with Crippen LogP contribution in [0, 0.1) is 0 Å². The first-order chi connectivity index (χ1) is 7.49. The summed E-state index contributed by atoms with van der Waals surface area (Å²) in [6, 6.07) is 3.22. The maximum absolute atomic E-state index is 11.2. The van der Waals surface area contributed by atoms with E-state index in [1.165, 1.54) is 13.0 Å². The number of ether oxygens (including phenoxy) is 1. The van der Waals surface area contributed by atoms with Crippen LogP contribution in [-0.2, 0) is 6.42 Å². The number of carbonyl (C=O) groups excluding carboxylic acids is 1. The first-order valence-electron chi connectivity index (χ1n) is 5.18. The number of ketones is 1. The van der Waals surface area contributed by atoms with E-state index < -0.39 is 0 Å². The molecule has 2 rings (SSSR count). The van der Waals surface area contributed by atoms with E-state index in [4.69, 9.17) is 4.74 Å². The lowest BCUT2D eigenvalue weighted by Gasteiger charge is -2.09. The van der Waals surface area contributed by atoms with Gasteiger partial charge in [-0.3, -0.25) is 4.79 Å². The Kier molecular flexibility index (Phi) is 2.46. The summed E-state index contributed by atoms with van der Waals surface area (Å²) in [5, 5.41) is 9.75. The highest BCUT2D eigenvalue weighted by Crippen LogP contribution is 2.39. The predicted octanol–water partition coefficient (Wildman–Crippen LogP) is 2.47. The summed E-state index contributed by atoms with van der Waals surface area (Å²) in [6.45, 7) is 7.20. The van der Waals surface area contributed by atoms with Gasteiger partial charge in [0, 0.05) is 17.5 Å². The third kappa shape index (κ3) is 1.69. The van der Waals surface area contributed by atoms with Crippen molar-refractivity contribution < 1.29 is 14.6 Å². The molecule has 0 radical (unpaired) electrons. The Morgan fingerprint density at radius 3 is 2.75 bits per heavy atom. The van der Waals surface area contributed by atoms with Crippen molar-refractivity contribution in [2.45, 2.75) is 26.4 Å². The zero-order valence-electron chi connectivity index (χ0n) is 9.41. The van der Waals surface area contributed by atoms with Crippen molar-refractivity contribution in [1.29, 1.82) is 0 Å².